The molecule has 5 nitrogen and oxygen atoms in total. The van der Waals surface area contributed by atoms with Crippen molar-refractivity contribution in [2.75, 3.05) is 12.9 Å². The number of amidine groups is 1. The Labute approximate surface area is 145 Å². The van der Waals surface area contributed by atoms with Crippen molar-refractivity contribution in [3.8, 4) is 0 Å². The van der Waals surface area contributed by atoms with Gasteiger partial charge in [-0.3, -0.25) is 9.69 Å². The fraction of sp³-hybridized carbons (Fsp3) is 0.389. The molecule has 1 aromatic rings. The molecule has 2 heterocycles. The normalized spacial score (nSPS) is 20.6. The van der Waals surface area contributed by atoms with Crippen molar-refractivity contribution >= 4 is 28.8 Å². The first-order valence-electron chi connectivity index (χ1n) is 7.98. The molecule has 1 atom stereocenters. The average molecular weight is 344 g/mol. The Morgan fingerprint density at radius 3 is 2.71 bits per heavy atom. The monoisotopic (exact) mass is 344 g/mol. The molecule has 1 fully saturated rings. The number of fused-ring (bicyclic) bond motifs is 1. The van der Waals surface area contributed by atoms with Gasteiger partial charge in [0.15, 0.2) is 5.17 Å². The molecular weight excluding hydrogens is 324 g/mol. The Kier molecular flexibility index (Phi) is 4.76. The second-order valence-corrected chi connectivity index (χ2v) is 6.81. The highest BCUT2D eigenvalue weighted by molar-refractivity contribution is 8.14. The number of benzene rings is 1. The maximum atomic E-state index is 12.6. The first-order valence-corrected chi connectivity index (χ1v) is 8.96. The van der Waals surface area contributed by atoms with Crippen LogP contribution in [-0.4, -0.2) is 34.8 Å². The molecule has 2 aliphatic heterocycles. The Morgan fingerprint density at radius 2 is 2.08 bits per heavy atom. The molecule has 0 aromatic heterocycles. The van der Waals surface area contributed by atoms with Crippen molar-refractivity contribution < 1.29 is 14.3 Å². The molecule has 2 aliphatic rings. The maximum Gasteiger partial charge on any atom is 0.338 e. The number of aliphatic imine (C=N–C) groups is 1. The van der Waals surface area contributed by atoms with Crippen LogP contribution in [0.3, 0.4) is 0 Å². The molecule has 3 rings (SSSR count). The van der Waals surface area contributed by atoms with E-state index in [0.29, 0.717) is 22.9 Å². The molecule has 0 aliphatic carbocycles. The number of nitrogens with zero attached hydrogens (tertiary/aromatic N) is 2. The van der Waals surface area contributed by atoms with Gasteiger partial charge >= 0.3 is 5.97 Å². The molecule has 6 heteroatoms. The molecule has 1 amide bonds. The van der Waals surface area contributed by atoms with Crippen LogP contribution in [0.1, 0.15) is 37.4 Å². The van der Waals surface area contributed by atoms with Crippen LogP contribution in [0.2, 0.25) is 0 Å². The van der Waals surface area contributed by atoms with E-state index in [1.165, 1.54) is 12.7 Å². The van der Waals surface area contributed by atoms with Crippen molar-refractivity contribution in [2.45, 2.75) is 32.7 Å². The predicted octanol–water partition coefficient (Wildman–Crippen LogP) is 3.07. The van der Waals surface area contributed by atoms with Gasteiger partial charge in [0.05, 0.1) is 24.4 Å². The molecule has 1 saturated heterocycles. The molecule has 24 heavy (non-hydrogen) atoms. The Bertz CT molecular complexity index is 737. The minimum absolute atomic E-state index is 0.00836. The summed E-state index contributed by atoms with van der Waals surface area (Å²) in [5.41, 5.74) is 3.15. The van der Waals surface area contributed by atoms with Crippen molar-refractivity contribution in [3.05, 3.63) is 46.7 Å². The Balaban J connectivity index is 2.13. The number of carbonyl (C=O) groups excluding carboxylic acids is 2. The topological polar surface area (TPSA) is 59.0 Å². The first kappa shape index (κ1) is 16.8. The quantitative estimate of drug-likeness (QED) is 0.791. The zero-order valence-corrected chi connectivity index (χ0v) is 14.9. The number of allylic oxidation sites excluding steroid dienone is 1. The number of hydrogen-bond donors (Lipinski definition) is 0. The van der Waals surface area contributed by atoms with E-state index in [2.05, 4.69) is 11.9 Å². The minimum Gasteiger partial charge on any atom is -0.466 e. The molecule has 0 N–H and O–H groups in total. The van der Waals surface area contributed by atoms with E-state index in [-0.39, 0.29) is 5.91 Å². The van der Waals surface area contributed by atoms with Crippen LogP contribution in [-0.2, 0) is 20.7 Å². The number of rotatable bonds is 3. The second kappa shape index (κ2) is 6.81. The van der Waals surface area contributed by atoms with Gasteiger partial charge in [0.2, 0.25) is 5.91 Å². The van der Waals surface area contributed by atoms with E-state index in [0.717, 1.165) is 17.7 Å². The van der Waals surface area contributed by atoms with Crippen LogP contribution in [0.15, 0.2) is 40.5 Å². The van der Waals surface area contributed by atoms with Crippen molar-refractivity contribution in [2.24, 2.45) is 4.99 Å². The highest BCUT2D eigenvalue weighted by atomic mass is 32.2. The summed E-state index contributed by atoms with van der Waals surface area (Å²) in [5.74, 6) is 0.269. The van der Waals surface area contributed by atoms with Gasteiger partial charge in [-0.2, -0.15) is 0 Å². The lowest BCUT2D eigenvalue weighted by Crippen LogP contribution is -2.45. The molecule has 0 saturated carbocycles. The van der Waals surface area contributed by atoms with Gasteiger partial charge in [0, 0.05) is 12.2 Å². The molecule has 0 spiro atoms. The Morgan fingerprint density at radius 1 is 1.38 bits per heavy atom. The standard InChI is InChI=1S/C18H20N2O3S/c1-4-12-5-7-13(8-6-12)16-15(17(22)23-3)11(2)19-18-20(16)14(21)9-10-24-18/h5-8,16H,4,9-10H2,1-3H3/t16-/m1/s1. The number of thioether (sulfide) groups is 1. The fourth-order valence-corrected chi connectivity index (χ4v) is 4.03. The lowest BCUT2D eigenvalue weighted by molar-refractivity contribution is -0.137. The summed E-state index contributed by atoms with van der Waals surface area (Å²) in [4.78, 5) is 31.1. The third kappa shape index (κ3) is 2.86. The minimum atomic E-state index is -0.476. The fourth-order valence-electron chi connectivity index (χ4n) is 3.02. The van der Waals surface area contributed by atoms with Gasteiger partial charge in [-0.25, -0.2) is 9.79 Å². The molecule has 126 valence electrons. The number of esters is 1. The summed E-state index contributed by atoms with van der Waals surface area (Å²) in [6, 6.07) is 7.56. The zero-order valence-electron chi connectivity index (χ0n) is 14.0. The van der Waals surface area contributed by atoms with Gasteiger partial charge in [-0.05, 0) is 24.5 Å². The van der Waals surface area contributed by atoms with Gasteiger partial charge in [-0.1, -0.05) is 43.0 Å². The van der Waals surface area contributed by atoms with Gasteiger partial charge in [-0.15, -0.1) is 0 Å². The van der Waals surface area contributed by atoms with Crippen molar-refractivity contribution in [3.63, 3.8) is 0 Å². The van der Waals surface area contributed by atoms with E-state index in [4.69, 9.17) is 4.74 Å². The number of aryl methyl sites for hydroxylation is 1. The summed E-state index contributed by atoms with van der Waals surface area (Å²) >= 11 is 1.55. The smallest absolute Gasteiger partial charge is 0.338 e. The molecular formula is C18H20N2O3S. The summed E-state index contributed by atoms with van der Waals surface area (Å²) in [7, 11) is 1.35. The third-order valence-corrected chi connectivity index (χ3v) is 5.27. The highest BCUT2D eigenvalue weighted by Gasteiger charge is 2.41. The van der Waals surface area contributed by atoms with Crippen LogP contribution in [0.4, 0.5) is 0 Å². The molecule has 1 aromatic carbocycles. The number of carbonyl (C=O) groups is 2. The number of ether oxygens (including phenoxy) is 1. The maximum absolute atomic E-state index is 12.6. The summed E-state index contributed by atoms with van der Waals surface area (Å²) in [6.07, 6.45) is 1.38. The lowest BCUT2D eigenvalue weighted by Gasteiger charge is -2.38. The van der Waals surface area contributed by atoms with Crippen LogP contribution < -0.4 is 0 Å². The largest absolute Gasteiger partial charge is 0.466 e. The van der Waals surface area contributed by atoms with E-state index >= 15 is 0 Å². The van der Waals surface area contributed by atoms with Gasteiger partial charge in [0.1, 0.15) is 0 Å². The Hall–Kier alpha value is -2.08. The molecule has 0 radical (unpaired) electrons. The first-order chi connectivity index (χ1) is 11.6. The number of hydrogen-bond acceptors (Lipinski definition) is 5. The van der Waals surface area contributed by atoms with Crippen LogP contribution in [0, 0.1) is 0 Å². The van der Waals surface area contributed by atoms with Gasteiger partial charge < -0.3 is 4.74 Å². The van der Waals surface area contributed by atoms with E-state index in [1.807, 2.05) is 24.3 Å². The number of methoxy groups -OCH3 is 1. The van der Waals surface area contributed by atoms with Crippen LogP contribution in [0.25, 0.3) is 0 Å². The zero-order chi connectivity index (χ0) is 17.3. The molecule has 0 bridgehead atoms. The average Bonchev–Trinajstić information content (AvgIpc) is 2.60. The lowest BCUT2D eigenvalue weighted by atomic mass is 9.93. The van der Waals surface area contributed by atoms with Crippen LogP contribution >= 0.6 is 11.8 Å². The second-order valence-electron chi connectivity index (χ2n) is 5.74. The SMILES string of the molecule is CCc1ccc([C@@H]2C(C(=O)OC)=C(C)N=C3SCCC(=O)N32)cc1. The van der Waals surface area contributed by atoms with E-state index in [9.17, 15) is 9.59 Å². The van der Waals surface area contributed by atoms with Gasteiger partial charge in [0.25, 0.3) is 0 Å². The summed E-state index contributed by atoms with van der Waals surface area (Å²) in [5, 5.41) is 0.668. The van der Waals surface area contributed by atoms with Crippen LogP contribution in [0.5, 0.6) is 0 Å². The summed E-state index contributed by atoms with van der Waals surface area (Å²) in [6.45, 7) is 3.89. The number of amides is 1. The van der Waals surface area contributed by atoms with Crippen molar-refractivity contribution in [1.82, 2.24) is 4.90 Å². The van der Waals surface area contributed by atoms with Crippen molar-refractivity contribution in [1.29, 1.82) is 0 Å². The summed E-state index contributed by atoms with van der Waals surface area (Å²) < 4.78 is 4.96. The third-order valence-electron chi connectivity index (χ3n) is 4.32. The van der Waals surface area contributed by atoms with E-state index < -0.39 is 12.0 Å². The van der Waals surface area contributed by atoms with E-state index in [1.54, 1.807) is 23.6 Å². The highest BCUT2D eigenvalue weighted by Crippen LogP contribution is 2.40. The molecule has 0 unspecified atom stereocenters. The predicted molar refractivity (Wildman–Crippen MR) is 94.6 cm³/mol.